The Morgan fingerprint density at radius 3 is 2.89 bits per heavy atom. The van der Waals surface area contributed by atoms with E-state index in [1.165, 1.54) is 32.1 Å². The molecular formula is C15H24N2O. The van der Waals surface area contributed by atoms with Crippen LogP contribution in [-0.2, 0) is 4.79 Å². The molecule has 1 saturated heterocycles. The van der Waals surface area contributed by atoms with Crippen molar-refractivity contribution in [2.75, 3.05) is 13.1 Å². The molecule has 1 unspecified atom stereocenters. The molecule has 3 nitrogen and oxygen atoms in total. The number of carbonyl (C=O) groups is 1. The van der Waals surface area contributed by atoms with Crippen molar-refractivity contribution in [1.29, 1.82) is 0 Å². The number of piperidine rings is 1. The highest BCUT2D eigenvalue weighted by Gasteiger charge is 2.33. The molecule has 3 heteroatoms. The summed E-state index contributed by atoms with van der Waals surface area (Å²) in [6.07, 6.45) is 12.0. The molecule has 3 rings (SSSR count). The van der Waals surface area contributed by atoms with Gasteiger partial charge >= 0.3 is 0 Å². The third-order valence-corrected chi connectivity index (χ3v) is 4.38. The van der Waals surface area contributed by atoms with Gasteiger partial charge in [0.15, 0.2) is 0 Å². The van der Waals surface area contributed by atoms with Crippen LogP contribution in [0.5, 0.6) is 0 Å². The molecule has 3 aliphatic rings. The van der Waals surface area contributed by atoms with Gasteiger partial charge in [0.2, 0.25) is 5.91 Å². The lowest BCUT2D eigenvalue weighted by Gasteiger charge is -2.33. The van der Waals surface area contributed by atoms with Gasteiger partial charge in [-0.2, -0.15) is 0 Å². The zero-order valence-corrected chi connectivity index (χ0v) is 11.2. The number of likely N-dealkylation sites (tertiary alicyclic amines) is 1. The van der Waals surface area contributed by atoms with E-state index in [0.717, 1.165) is 32.4 Å². The molecule has 0 bridgehead atoms. The van der Waals surface area contributed by atoms with E-state index in [1.54, 1.807) is 5.57 Å². The molecule has 1 heterocycles. The van der Waals surface area contributed by atoms with Gasteiger partial charge in [-0.25, -0.2) is 0 Å². The predicted octanol–water partition coefficient (Wildman–Crippen LogP) is 2.23. The molecular weight excluding hydrogens is 224 g/mol. The molecule has 0 aromatic heterocycles. The van der Waals surface area contributed by atoms with E-state index in [0.29, 0.717) is 11.9 Å². The van der Waals surface area contributed by atoms with Gasteiger partial charge in [0.25, 0.3) is 0 Å². The molecule has 0 radical (unpaired) electrons. The number of carbonyl (C=O) groups excluding carboxylic acids is 1. The summed E-state index contributed by atoms with van der Waals surface area (Å²) in [6.45, 7) is 1.91. The number of nitrogens with one attached hydrogen (secondary N) is 1. The summed E-state index contributed by atoms with van der Waals surface area (Å²) in [4.78, 5) is 14.4. The van der Waals surface area contributed by atoms with Crippen molar-refractivity contribution in [3.8, 4) is 0 Å². The Morgan fingerprint density at radius 1 is 1.28 bits per heavy atom. The maximum atomic E-state index is 12.3. The summed E-state index contributed by atoms with van der Waals surface area (Å²) in [6, 6.07) is 0.750. The maximum Gasteiger partial charge on any atom is 0.239 e. The number of allylic oxidation sites excluding steroid dienone is 1. The Hall–Kier alpha value is -0.830. The van der Waals surface area contributed by atoms with Crippen LogP contribution in [0.25, 0.3) is 0 Å². The lowest BCUT2D eigenvalue weighted by atomic mass is 10.0. The normalized spacial score (nSPS) is 28.7. The molecule has 0 aromatic rings. The Balaban J connectivity index is 1.49. The van der Waals surface area contributed by atoms with Gasteiger partial charge in [0, 0.05) is 19.1 Å². The maximum absolute atomic E-state index is 12.3. The summed E-state index contributed by atoms with van der Waals surface area (Å²) >= 11 is 0. The fraction of sp³-hybridized carbons (Fsp3) is 0.800. The Labute approximate surface area is 110 Å². The lowest BCUT2D eigenvalue weighted by Crippen LogP contribution is -2.51. The average Bonchev–Trinajstić information content (AvgIpc) is 3.04. The first-order chi connectivity index (χ1) is 8.83. The predicted molar refractivity (Wildman–Crippen MR) is 72.3 cm³/mol. The molecule has 0 aromatic carbocycles. The first-order valence-corrected chi connectivity index (χ1v) is 7.55. The average molecular weight is 248 g/mol. The van der Waals surface area contributed by atoms with Crippen molar-refractivity contribution >= 4 is 5.91 Å². The molecule has 2 fully saturated rings. The van der Waals surface area contributed by atoms with Gasteiger partial charge in [-0.3, -0.25) is 4.79 Å². The highest BCUT2D eigenvalue weighted by atomic mass is 16.2. The van der Waals surface area contributed by atoms with Gasteiger partial charge in [-0.05, 0) is 51.4 Å². The second-order valence-corrected chi connectivity index (χ2v) is 5.97. The van der Waals surface area contributed by atoms with Crippen LogP contribution in [0.2, 0.25) is 0 Å². The van der Waals surface area contributed by atoms with Crippen molar-refractivity contribution < 1.29 is 4.79 Å². The highest BCUT2D eigenvalue weighted by Crippen LogP contribution is 2.24. The van der Waals surface area contributed by atoms with E-state index in [2.05, 4.69) is 16.3 Å². The number of hydrogen-bond donors (Lipinski definition) is 1. The first-order valence-electron chi connectivity index (χ1n) is 7.55. The van der Waals surface area contributed by atoms with E-state index in [4.69, 9.17) is 0 Å². The van der Waals surface area contributed by atoms with Crippen LogP contribution in [0, 0.1) is 0 Å². The summed E-state index contributed by atoms with van der Waals surface area (Å²) in [5, 5.41) is 3.49. The van der Waals surface area contributed by atoms with Crippen molar-refractivity contribution in [3.63, 3.8) is 0 Å². The standard InChI is InChI=1S/C15H24N2O/c18-15-14(16-13-7-8-13)6-3-10-17(15)11-9-12-4-1-2-5-12/h4,13-14,16H,1-3,5-11H2. The van der Waals surface area contributed by atoms with Crippen molar-refractivity contribution in [2.24, 2.45) is 0 Å². The zero-order chi connectivity index (χ0) is 12.4. The Kier molecular flexibility index (Phi) is 3.69. The summed E-state index contributed by atoms with van der Waals surface area (Å²) in [5.41, 5.74) is 1.57. The molecule has 1 atom stereocenters. The summed E-state index contributed by atoms with van der Waals surface area (Å²) < 4.78 is 0. The largest absolute Gasteiger partial charge is 0.341 e. The van der Waals surface area contributed by atoms with Gasteiger partial charge < -0.3 is 10.2 Å². The number of amides is 1. The van der Waals surface area contributed by atoms with E-state index in [9.17, 15) is 4.79 Å². The van der Waals surface area contributed by atoms with Crippen LogP contribution < -0.4 is 5.32 Å². The minimum atomic E-state index is 0.115. The third kappa shape index (κ3) is 2.94. The van der Waals surface area contributed by atoms with Crippen LogP contribution in [0.4, 0.5) is 0 Å². The second-order valence-electron chi connectivity index (χ2n) is 5.97. The third-order valence-electron chi connectivity index (χ3n) is 4.38. The van der Waals surface area contributed by atoms with E-state index in [-0.39, 0.29) is 6.04 Å². The molecule has 1 aliphatic heterocycles. The first kappa shape index (κ1) is 12.2. The molecule has 0 spiro atoms. The van der Waals surface area contributed by atoms with Crippen LogP contribution in [0.15, 0.2) is 11.6 Å². The van der Waals surface area contributed by atoms with Crippen molar-refractivity contribution in [2.45, 2.75) is 63.5 Å². The topological polar surface area (TPSA) is 32.3 Å². The molecule has 18 heavy (non-hydrogen) atoms. The van der Waals surface area contributed by atoms with Crippen LogP contribution in [0.1, 0.15) is 51.4 Å². The fourth-order valence-corrected chi connectivity index (χ4v) is 3.09. The number of rotatable bonds is 5. The Bertz CT molecular complexity index is 346. The van der Waals surface area contributed by atoms with E-state index in [1.807, 2.05) is 0 Å². The smallest absolute Gasteiger partial charge is 0.239 e. The van der Waals surface area contributed by atoms with E-state index < -0.39 is 0 Å². The Morgan fingerprint density at radius 2 is 2.17 bits per heavy atom. The molecule has 2 aliphatic carbocycles. The van der Waals surface area contributed by atoms with Crippen molar-refractivity contribution in [1.82, 2.24) is 10.2 Å². The van der Waals surface area contributed by atoms with Gasteiger partial charge in [0.05, 0.1) is 6.04 Å². The second kappa shape index (κ2) is 5.43. The number of nitrogens with zero attached hydrogens (tertiary/aromatic N) is 1. The fourth-order valence-electron chi connectivity index (χ4n) is 3.09. The molecule has 1 N–H and O–H groups in total. The highest BCUT2D eigenvalue weighted by molar-refractivity contribution is 5.82. The molecule has 1 saturated carbocycles. The monoisotopic (exact) mass is 248 g/mol. The minimum Gasteiger partial charge on any atom is -0.341 e. The van der Waals surface area contributed by atoms with Crippen LogP contribution in [-0.4, -0.2) is 36.0 Å². The zero-order valence-electron chi connectivity index (χ0n) is 11.2. The van der Waals surface area contributed by atoms with Crippen LogP contribution in [0.3, 0.4) is 0 Å². The number of hydrogen-bond acceptors (Lipinski definition) is 2. The summed E-state index contributed by atoms with van der Waals surface area (Å²) in [5.74, 6) is 0.353. The lowest BCUT2D eigenvalue weighted by molar-refractivity contribution is -0.136. The molecule has 1 amide bonds. The van der Waals surface area contributed by atoms with Crippen molar-refractivity contribution in [3.05, 3.63) is 11.6 Å². The molecule has 100 valence electrons. The minimum absolute atomic E-state index is 0.115. The quantitative estimate of drug-likeness (QED) is 0.757. The van der Waals surface area contributed by atoms with Gasteiger partial charge in [-0.15, -0.1) is 0 Å². The van der Waals surface area contributed by atoms with Gasteiger partial charge in [-0.1, -0.05) is 11.6 Å². The SMILES string of the molecule is O=C1C(NC2CC2)CCCN1CCC1=CCCC1. The van der Waals surface area contributed by atoms with Crippen LogP contribution >= 0.6 is 0 Å². The summed E-state index contributed by atoms with van der Waals surface area (Å²) in [7, 11) is 0. The van der Waals surface area contributed by atoms with E-state index >= 15 is 0 Å². The van der Waals surface area contributed by atoms with Gasteiger partial charge in [0.1, 0.15) is 0 Å².